The fraction of sp³-hybridized carbons (Fsp3) is 0.133. The Morgan fingerprint density at radius 3 is 1.75 bits per heavy atom. The van der Waals surface area contributed by atoms with Gasteiger partial charge in [0.25, 0.3) is 0 Å². The van der Waals surface area contributed by atoms with Crippen LogP contribution in [0.4, 0.5) is 0 Å². The summed E-state index contributed by atoms with van der Waals surface area (Å²) in [5.41, 5.74) is 5.83. The zero-order chi connectivity index (χ0) is 25.4. The summed E-state index contributed by atoms with van der Waals surface area (Å²) in [6, 6.07) is 23.3. The number of para-hydroxylation sites is 1. The lowest BCUT2D eigenvalue weighted by Gasteiger charge is -2.03. The second-order valence-electron chi connectivity index (χ2n) is 8.57. The van der Waals surface area contributed by atoms with Gasteiger partial charge in [-0.25, -0.2) is 0 Å². The van der Waals surface area contributed by atoms with Gasteiger partial charge in [0.05, 0.1) is 10.5 Å². The number of nitrogens with zero attached hydrogens (tertiary/aromatic N) is 2. The SMILES string of the molecule is CCn1c2ccc(C=O)cc2c2cccc(Cl)c21.CCn1c2ccc(Cl)cc2c2cc(C=O)ccc21. The quantitative estimate of drug-likeness (QED) is 0.221. The van der Waals surface area contributed by atoms with Gasteiger partial charge in [0.1, 0.15) is 12.6 Å². The van der Waals surface area contributed by atoms with E-state index in [9.17, 15) is 9.59 Å². The summed E-state index contributed by atoms with van der Waals surface area (Å²) < 4.78 is 4.41. The zero-order valence-corrected chi connectivity index (χ0v) is 21.5. The number of fused-ring (bicyclic) bond motifs is 6. The molecule has 6 heteroatoms. The number of halogens is 2. The van der Waals surface area contributed by atoms with Crippen LogP contribution in [-0.4, -0.2) is 21.7 Å². The van der Waals surface area contributed by atoms with Gasteiger partial charge in [0.2, 0.25) is 0 Å². The molecule has 0 unspecified atom stereocenters. The molecule has 0 saturated heterocycles. The van der Waals surface area contributed by atoms with Crippen molar-refractivity contribution in [1.82, 2.24) is 9.13 Å². The van der Waals surface area contributed by atoms with E-state index in [1.165, 1.54) is 0 Å². The monoisotopic (exact) mass is 514 g/mol. The number of carbonyl (C=O) groups excluding carboxylic acids is 2. The Kier molecular flexibility index (Phi) is 6.57. The summed E-state index contributed by atoms with van der Waals surface area (Å²) in [6.45, 7) is 5.95. The molecule has 0 N–H and O–H groups in total. The first-order valence-electron chi connectivity index (χ1n) is 11.8. The average molecular weight is 515 g/mol. The van der Waals surface area contributed by atoms with Crippen molar-refractivity contribution in [3.63, 3.8) is 0 Å². The Bertz CT molecular complexity index is 1760. The second-order valence-corrected chi connectivity index (χ2v) is 9.42. The van der Waals surface area contributed by atoms with Crippen molar-refractivity contribution in [2.45, 2.75) is 26.9 Å². The van der Waals surface area contributed by atoms with Gasteiger partial charge in [0, 0.05) is 67.3 Å². The van der Waals surface area contributed by atoms with Crippen LogP contribution in [0.2, 0.25) is 10.0 Å². The Balaban J connectivity index is 0.000000148. The molecule has 0 aliphatic heterocycles. The highest BCUT2D eigenvalue weighted by molar-refractivity contribution is 6.36. The van der Waals surface area contributed by atoms with E-state index in [1.54, 1.807) is 0 Å². The van der Waals surface area contributed by atoms with Crippen LogP contribution < -0.4 is 0 Å². The normalized spacial score (nSPS) is 11.2. The van der Waals surface area contributed by atoms with Gasteiger partial charge in [-0.1, -0.05) is 35.3 Å². The van der Waals surface area contributed by atoms with Crippen molar-refractivity contribution >= 4 is 79.4 Å². The second kappa shape index (κ2) is 9.81. The van der Waals surface area contributed by atoms with E-state index in [2.05, 4.69) is 23.0 Å². The van der Waals surface area contributed by atoms with Crippen LogP contribution in [0.25, 0.3) is 43.6 Å². The van der Waals surface area contributed by atoms with Crippen LogP contribution in [-0.2, 0) is 13.1 Å². The van der Waals surface area contributed by atoms with Crippen LogP contribution in [0.15, 0.2) is 72.8 Å². The maximum absolute atomic E-state index is 10.9. The third-order valence-corrected chi connectivity index (χ3v) is 7.15. The predicted molar refractivity (Wildman–Crippen MR) is 151 cm³/mol. The Morgan fingerprint density at radius 1 is 0.639 bits per heavy atom. The lowest BCUT2D eigenvalue weighted by atomic mass is 10.1. The van der Waals surface area contributed by atoms with E-state index in [4.69, 9.17) is 23.2 Å². The fourth-order valence-electron chi connectivity index (χ4n) is 5.04. The minimum Gasteiger partial charge on any atom is -0.341 e. The lowest BCUT2D eigenvalue weighted by Crippen LogP contribution is -1.93. The van der Waals surface area contributed by atoms with E-state index in [0.29, 0.717) is 16.1 Å². The molecule has 0 fully saturated rings. The Morgan fingerprint density at radius 2 is 1.17 bits per heavy atom. The van der Waals surface area contributed by atoms with Gasteiger partial charge in [0.15, 0.2) is 0 Å². The third-order valence-electron chi connectivity index (χ3n) is 6.61. The zero-order valence-electron chi connectivity index (χ0n) is 20.0. The predicted octanol–water partition coefficient (Wildman–Crippen LogP) is 8.56. The maximum Gasteiger partial charge on any atom is 0.150 e. The molecule has 4 aromatic carbocycles. The highest BCUT2D eigenvalue weighted by atomic mass is 35.5. The number of hydrogen-bond acceptors (Lipinski definition) is 2. The summed E-state index contributed by atoms with van der Waals surface area (Å²) in [5.74, 6) is 0. The summed E-state index contributed by atoms with van der Waals surface area (Å²) >= 11 is 12.4. The summed E-state index contributed by atoms with van der Waals surface area (Å²) in [7, 11) is 0. The summed E-state index contributed by atoms with van der Waals surface area (Å²) in [4.78, 5) is 21.8. The van der Waals surface area contributed by atoms with Gasteiger partial charge in [-0.15, -0.1) is 0 Å². The molecule has 4 nitrogen and oxygen atoms in total. The summed E-state index contributed by atoms with van der Waals surface area (Å²) in [6.07, 6.45) is 1.75. The molecule has 0 spiro atoms. The molecule has 6 aromatic rings. The molecule has 0 amide bonds. The molecule has 6 rings (SSSR count). The van der Waals surface area contributed by atoms with E-state index >= 15 is 0 Å². The standard InChI is InChI=1S/2C15H12ClNO/c1-2-17-14-5-3-10(9-18)7-12(14)13-8-11(16)4-6-15(13)17;1-2-17-14-7-6-10(9-18)8-12(14)11-4-3-5-13(16)15(11)17/h2*3-9H,2H2,1H3. The lowest BCUT2D eigenvalue weighted by molar-refractivity contribution is 0.111. The van der Waals surface area contributed by atoms with Crippen molar-refractivity contribution in [3.05, 3.63) is 94.0 Å². The Labute approximate surface area is 218 Å². The van der Waals surface area contributed by atoms with Gasteiger partial charge in [-0.3, -0.25) is 9.59 Å². The van der Waals surface area contributed by atoms with Crippen LogP contribution in [0.5, 0.6) is 0 Å². The van der Waals surface area contributed by atoms with E-state index in [1.807, 2.05) is 72.8 Å². The molecule has 0 bridgehead atoms. The molecule has 0 aliphatic carbocycles. The number of hydrogen-bond donors (Lipinski definition) is 0. The smallest absolute Gasteiger partial charge is 0.150 e. The van der Waals surface area contributed by atoms with E-state index in [0.717, 1.165) is 74.3 Å². The molecule has 2 heterocycles. The molecule has 36 heavy (non-hydrogen) atoms. The first-order valence-corrected chi connectivity index (χ1v) is 12.6. The van der Waals surface area contributed by atoms with Crippen LogP contribution in [0.3, 0.4) is 0 Å². The van der Waals surface area contributed by atoms with Crippen LogP contribution >= 0.6 is 23.2 Å². The molecule has 0 radical (unpaired) electrons. The van der Waals surface area contributed by atoms with E-state index < -0.39 is 0 Å². The maximum atomic E-state index is 10.9. The van der Waals surface area contributed by atoms with Crippen molar-refractivity contribution < 1.29 is 9.59 Å². The summed E-state index contributed by atoms with van der Waals surface area (Å²) in [5, 5.41) is 5.83. The largest absolute Gasteiger partial charge is 0.341 e. The number of rotatable bonds is 4. The minimum atomic E-state index is 0.692. The van der Waals surface area contributed by atoms with Gasteiger partial charge < -0.3 is 9.13 Å². The fourth-order valence-corrected chi connectivity index (χ4v) is 5.49. The highest BCUT2D eigenvalue weighted by Gasteiger charge is 2.12. The third kappa shape index (κ3) is 3.97. The number of carbonyl (C=O) groups is 2. The average Bonchev–Trinajstić information content (AvgIpc) is 3.40. The van der Waals surface area contributed by atoms with Crippen molar-refractivity contribution in [3.8, 4) is 0 Å². The molecule has 0 aliphatic rings. The van der Waals surface area contributed by atoms with Gasteiger partial charge >= 0.3 is 0 Å². The number of aldehydes is 2. The topological polar surface area (TPSA) is 44.0 Å². The van der Waals surface area contributed by atoms with Crippen molar-refractivity contribution in [2.24, 2.45) is 0 Å². The molecular formula is C30H24Cl2N2O2. The number of aromatic nitrogens is 2. The molecule has 2 aromatic heterocycles. The molecule has 0 atom stereocenters. The molecular weight excluding hydrogens is 491 g/mol. The first-order chi connectivity index (χ1) is 17.5. The minimum absolute atomic E-state index is 0.692. The molecule has 180 valence electrons. The van der Waals surface area contributed by atoms with Crippen LogP contribution in [0.1, 0.15) is 34.6 Å². The highest BCUT2D eigenvalue weighted by Crippen LogP contribution is 2.34. The van der Waals surface area contributed by atoms with Gasteiger partial charge in [-0.05, 0) is 74.5 Å². The molecule has 0 saturated carbocycles. The first kappa shape index (κ1) is 24.1. The van der Waals surface area contributed by atoms with Gasteiger partial charge in [-0.2, -0.15) is 0 Å². The Hall–Kier alpha value is -3.60. The van der Waals surface area contributed by atoms with Crippen molar-refractivity contribution in [1.29, 1.82) is 0 Å². The van der Waals surface area contributed by atoms with E-state index in [-0.39, 0.29) is 0 Å². The van der Waals surface area contributed by atoms with Crippen LogP contribution in [0, 0.1) is 0 Å². The number of aryl methyl sites for hydroxylation is 2. The van der Waals surface area contributed by atoms with Crippen molar-refractivity contribution in [2.75, 3.05) is 0 Å². The number of benzene rings is 4.